The number of hydrogen-bond acceptors (Lipinski definition) is 3. The number of para-hydroxylation sites is 2. The van der Waals surface area contributed by atoms with E-state index in [1.807, 2.05) is 41.4 Å². The van der Waals surface area contributed by atoms with Crippen LogP contribution in [0.5, 0.6) is 11.5 Å². The van der Waals surface area contributed by atoms with Gasteiger partial charge >= 0.3 is 6.03 Å². The second kappa shape index (κ2) is 10.6. The van der Waals surface area contributed by atoms with Crippen LogP contribution < -0.4 is 14.8 Å². The Balaban J connectivity index is 1.43. The van der Waals surface area contributed by atoms with Gasteiger partial charge in [-0.2, -0.15) is 0 Å². The van der Waals surface area contributed by atoms with E-state index < -0.39 is 0 Å². The summed E-state index contributed by atoms with van der Waals surface area (Å²) in [6.07, 6.45) is 2.79. The van der Waals surface area contributed by atoms with Gasteiger partial charge in [0.2, 0.25) is 6.79 Å². The summed E-state index contributed by atoms with van der Waals surface area (Å²) in [4.78, 5) is 19.1. The van der Waals surface area contributed by atoms with Crippen LogP contribution in [0, 0.1) is 0 Å². The van der Waals surface area contributed by atoms with E-state index in [-0.39, 0.29) is 12.8 Å². The Hall–Kier alpha value is -3.93. The third-order valence-electron chi connectivity index (χ3n) is 7.03. The van der Waals surface area contributed by atoms with Crippen molar-refractivity contribution >= 4 is 22.6 Å². The Morgan fingerprint density at radius 2 is 1.68 bits per heavy atom. The van der Waals surface area contributed by atoms with Crippen molar-refractivity contribution in [1.29, 1.82) is 0 Å². The largest absolute Gasteiger partial charge is 0.454 e. The maximum atomic E-state index is 13.9. The number of urea groups is 1. The fraction of sp³-hybridized carbons (Fsp3) is 0.323. The highest BCUT2D eigenvalue weighted by molar-refractivity contribution is 5.91. The molecule has 0 spiro atoms. The van der Waals surface area contributed by atoms with E-state index in [0.29, 0.717) is 24.9 Å². The smallest absolute Gasteiger partial charge is 0.322 e. The first-order valence-electron chi connectivity index (χ1n) is 13.0. The molecule has 2 heterocycles. The summed E-state index contributed by atoms with van der Waals surface area (Å²) < 4.78 is 11.1. The van der Waals surface area contributed by atoms with Crippen LogP contribution in [0.25, 0.3) is 10.9 Å². The number of carbonyl (C=O) groups excluding carboxylic acids is 1. The standard InChI is InChI=1S/C31H35N3O3/c1-20(2)24-9-7-10-25(21(3)4)30(24)33-31(35)34(18-22-12-13-28-29(16-22)37-19-36-28)15-14-23-17-32-27-11-6-5-8-26(23)27/h5-13,16-17,20-21,32H,14-15,18-19H2,1-4H3,(H,33,35). The van der Waals surface area contributed by atoms with E-state index in [4.69, 9.17) is 9.47 Å². The molecule has 0 aliphatic carbocycles. The monoisotopic (exact) mass is 497 g/mol. The Morgan fingerprint density at radius 1 is 0.946 bits per heavy atom. The number of fused-ring (bicyclic) bond motifs is 2. The van der Waals surface area contributed by atoms with Crippen LogP contribution in [-0.4, -0.2) is 29.3 Å². The number of amides is 2. The summed E-state index contributed by atoms with van der Waals surface area (Å²) in [7, 11) is 0. The molecule has 37 heavy (non-hydrogen) atoms. The minimum Gasteiger partial charge on any atom is -0.454 e. The van der Waals surface area contributed by atoms with E-state index in [2.05, 4.69) is 68.3 Å². The van der Waals surface area contributed by atoms with E-state index >= 15 is 0 Å². The van der Waals surface area contributed by atoms with Gasteiger partial charge in [0.15, 0.2) is 11.5 Å². The van der Waals surface area contributed by atoms with Gasteiger partial charge in [0.1, 0.15) is 0 Å². The normalized spacial score (nSPS) is 12.5. The summed E-state index contributed by atoms with van der Waals surface area (Å²) in [6, 6.07) is 20.4. The molecule has 3 aromatic carbocycles. The van der Waals surface area contributed by atoms with Gasteiger partial charge in [-0.1, -0.05) is 70.2 Å². The van der Waals surface area contributed by atoms with Gasteiger partial charge in [0.25, 0.3) is 0 Å². The number of benzene rings is 3. The first-order valence-corrected chi connectivity index (χ1v) is 13.0. The maximum absolute atomic E-state index is 13.9. The third kappa shape index (κ3) is 5.29. The minimum atomic E-state index is -0.104. The number of carbonyl (C=O) groups is 1. The second-order valence-electron chi connectivity index (χ2n) is 10.3. The quantitative estimate of drug-likeness (QED) is 0.266. The topological polar surface area (TPSA) is 66.6 Å². The molecule has 0 atom stereocenters. The van der Waals surface area contributed by atoms with Gasteiger partial charge in [-0.15, -0.1) is 0 Å². The lowest BCUT2D eigenvalue weighted by atomic mass is 9.93. The third-order valence-corrected chi connectivity index (χ3v) is 7.03. The van der Waals surface area contributed by atoms with E-state index in [1.165, 1.54) is 10.9 Å². The molecule has 2 amide bonds. The number of anilines is 1. The Kier molecular flexibility index (Phi) is 7.08. The first kappa shape index (κ1) is 24.8. The molecule has 192 valence electrons. The molecule has 0 saturated carbocycles. The zero-order valence-corrected chi connectivity index (χ0v) is 22.0. The fourth-order valence-corrected chi connectivity index (χ4v) is 4.99. The molecule has 0 saturated heterocycles. The fourth-order valence-electron chi connectivity index (χ4n) is 4.99. The second-order valence-corrected chi connectivity index (χ2v) is 10.3. The molecular formula is C31H35N3O3. The van der Waals surface area contributed by atoms with Crippen molar-refractivity contribution in [2.24, 2.45) is 0 Å². The highest BCUT2D eigenvalue weighted by Crippen LogP contribution is 2.34. The molecule has 1 aliphatic rings. The molecule has 6 nitrogen and oxygen atoms in total. The molecule has 2 N–H and O–H groups in total. The van der Waals surface area contributed by atoms with Crippen LogP contribution in [-0.2, 0) is 13.0 Å². The molecule has 4 aromatic rings. The summed E-state index contributed by atoms with van der Waals surface area (Å²) in [5, 5.41) is 4.50. The van der Waals surface area contributed by atoms with E-state index in [1.54, 1.807) is 0 Å². The lowest BCUT2D eigenvalue weighted by Crippen LogP contribution is -2.36. The Bertz CT molecular complexity index is 1380. The van der Waals surface area contributed by atoms with E-state index in [0.717, 1.165) is 45.8 Å². The average Bonchev–Trinajstić information content (AvgIpc) is 3.53. The van der Waals surface area contributed by atoms with Gasteiger partial charge in [-0.25, -0.2) is 4.79 Å². The molecule has 0 fully saturated rings. The minimum absolute atomic E-state index is 0.104. The molecule has 1 aromatic heterocycles. The van der Waals surface area contributed by atoms with Crippen molar-refractivity contribution in [3.8, 4) is 11.5 Å². The van der Waals surface area contributed by atoms with Gasteiger partial charge in [-0.3, -0.25) is 0 Å². The van der Waals surface area contributed by atoms with Gasteiger partial charge in [0, 0.05) is 35.9 Å². The predicted octanol–water partition coefficient (Wildman–Crippen LogP) is 7.42. The average molecular weight is 498 g/mol. The highest BCUT2D eigenvalue weighted by atomic mass is 16.7. The van der Waals surface area contributed by atoms with Gasteiger partial charge in [0.05, 0.1) is 0 Å². The number of nitrogens with one attached hydrogen (secondary N) is 2. The summed E-state index contributed by atoms with van der Waals surface area (Å²) in [6.45, 7) is 9.92. The number of hydrogen-bond donors (Lipinski definition) is 2. The van der Waals surface area contributed by atoms with Crippen molar-refractivity contribution < 1.29 is 14.3 Å². The summed E-state index contributed by atoms with van der Waals surface area (Å²) in [5.74, 6) is 2.05. The molecular weight excluding hydrogens is 462 g/mol. The van der Waals surface area contributed by atoms with Gasteiger partial charge < -0.3 is 24.7 Å². The van der Waals surface area contributed by atoms with Crippen LogP contribution in [0.4, 0.5) is 10.5 Å². The number of rotatable bonds is 8. The molecule has 0 unspecified atom stereocenters. The maximum Gasteiger partial charge on any atom is 0.322 e. The molecule has 5 rings (SSSR count). The van der Waals surface area contributed by atoms with Crippen LogP contribution in [0.2, 0.25) is 0 Å². The number of aromatic nitrogens is 1. The van der Waals surface area contributed by atoms with Crippen molar-refractivity contribution in [3.63, 3.8) is 0 Å². The van der Waals surface area contributed by atoms with Gasteiger partial charge in [-0.05, 0) is 58.7 Å². The summed E-state index contributed by atoms with van der Waals surface area (Å²) in [5.41, 5.74) is 6.54. The number of H-pyrrole nitrogens is 1. The number of ether oxygens (including phenoxy) is 2. The Morgan fingerprint density at radius 3 is 2.43 bits per heavy atom. The van der Waals surface area contributed by atoms with Crippen LogP contribution in [0.15, 0.2) is 66.9 Å². The van der Waals surface area contributed by atoms with Crippen molar-refractivity contribution in [2.45, 2.75) is 52.5 Å². The zero-order valence-electron chi connectivity index (χ0n) is 22.0. The van der Waals surface area contributed by atoms with Crippen LogP contribution in [0.1, 0.15) is 61.8 Å². The SMILES string of the molecule is CC(C)c1cccc(C(C)C)c1NC(=O)N(CCc1c[nH]c2ccccc12)Cc1ccc2c(c1)OCO2. The molecule has 0 bridgehead atoms. The number of nitrogens with zero attached hydrogens (tertiary/aromatic N) is 1. The highest BCUT2D eigenvalue weighted by Gasteiger charge is 2.22. The Labute approximate surface area is 218 Å². The van der Waals surface area contributed by atoms with Crippen molar-refractivity contribution in [3.05, 3.63) is 89.1 Å². The van der Waals surface area contributed by atoms with Crippen LogP contribution in [0.3, 0.4) is 0 Å². The van der Waals surface area contributed by atoms with Crippen molar-refractivity contribution in [2.75, 3.05) is 18.7 Å². The molecule has 1 aliphatic heterocycles. The van der Waals surface area contributed by atoms with Crippen molar-refractivity contribution in [1.82, 2.24) is 9.88 Å². The zero-order chi connectivity index (χ0) is 25.9. The summed E-state index contributed by atoms with van der Waals surface area (Å²) >= 11 is 0. The molecule has 0 radical (unpaired) electrons. The van der Waals surface area contributed by atoms with E-state index in [9.17, 15) is 4.79 Å². The predicted molar refractivity (Wildman–Crippen MR) is 149 cm³/mol. The first-order chi connectivity index (χ1) is 17.9. The number of aromatic amines is 1. The van der Waals surface area contributed by atoms with Crippen LogP contribution >= 0.6 is 0 Å². The lowest BCUT2D eigenvalue weighted by Gasteiger charge is -2.26. The molecule has 6 heteroatoms. The lowest BCUT2D eigenvalue weighted by molar-refractivity contribution is 0.174.